The number of anilines is 1. The van der Waals surface area contributed by atoms with Gasteiger partial charge in [0.05, 0.1) is 17.7 Å². The summed E-state index contributed by atoms with van der Waals surface area (Å²) in [6.45, 7) is 0. The van der Waals surface area contributed by atoms with Crippen molar-refractivity contribution in [1.29, 1.82) is 0 Å². The van der Waals surface area contributed by atoms with Gasteiger partial charge in [0.25, 0.3) is 5.91 Å². The molecular weight excluding hydrogens is 349 g/mol. The van der Waals surface area contributed by atoms with Gasteiger partial charge >= 0.3 is 0 Å². The van der Waals surface area contributed by atoms with Crippen LogP contribution < -0.4 is 15.2 Å². The highest BCUT2D eigenvalue weighted by Crippen LogP contribution is 2.28. The van der Waals surface area contributed by atoms with Crippen LogP contribution in [0.4, 0.5) is 10.1 Å². The standard InChI is InChI=1S/C16H14FN3O4S/c1-24-15-6-5-9(25(18,22)23)7-13(15)20-16(21)14-8-10-11(17)3-2-4-12(10)19-14/h2-8,19H,1H3,(H,20,21)(H2,18,22,23). The Bertz CT molecular complexity index is 1080. The average Bonchev–Trinajstić information content (AvgIpc) is 3.00. The van der Waals surface area contributed by atoms with Gasteiger partial charge in [-0.2, -0.15) is 0 Å². The van der Waals surface area contributed by atoms with Gasteiger partial charge in [-0.15, -0.1) is 0 Å². The number of halogens is 1. The molecule has 0 spiro atoms. The average molecular weight is 363 g/mol. The third-order valence-corrected chi connectivity index (χ3v) is 4.51. The van der Waals surface area contributed by atoms with Crippen molar-refractivity contribution in [1.82, 2.24) is 4.98 Å². The zero-order valence-corrected chi connectivity index (χ0v) is 13.9. The lowest BCUT2D eigenvalue weighted by Crippen LogP contribution is -2.15. The number of hydrogen-bond acceptors (Lipinski definition) is 4. The molecule has 3 aromatic rings. The summed E-state index contributed by atoms with van der Waals surface area (Å²) in [5.74, 6) is -0.787. The van der Waals surface area contributed by atoms with E-state index >= 15 is 0 Å². The molecule has 0 radical (unpaired) electrons. The number of amides is 1. The van der Waals surface area contributed by atoms with Crippen LogP contribution in [0.2, 0.25) is 0 Å². The van der Waals surface area contributed by atoms with Crippen LogP contribution >= 0.6 is 0 Å². The van der Waals surface area contributed by atoms with Crippen LogP contribution in [0.3, 0.4) is 0 Å². The number of rotatable bonds is 4. The van der Waals surface area contributed by atoms with Crippen molar-refractivity contribution in [3.8, 4) is 5.75 Å². The van der Waals surface area contributed by atoms with Gasteiger partial charge in [-0.3, -0.25) is 4.79 Å². The number of aromatic nitrogens is 1. The fourth-order valence-corrected chi connectivity index (χ4v) is 2.93. The molecule has 0 atom stereocenters. The Kier molecular flexibility index (Phi) is 4.19. The normalized spacial score (nSPS) is 11.5. The predicted molar refractivity (Wildman–Crippen MR) is 90.6 cm³/mol. The highest BCUT2D eigenvalue weighted by Gasteiger charge is 2.16. The highest BCUT2D eigenvalue weighted by molar-refractivity contribution is 7.89. The van der Waals surface area contributed by atoms with Crippen LogP contribution in [0.25, 0.3) is 10.9 Å². The maximum atomic E-state index is 13.7. The van der Waals surface area contributed by atoms with Crippen molar-refractivity contribution in [2.45, 2.75) is 4.90 Å². The summed E-state index contributed by atoms with van der Waals surface area (Å²) in [6, 6.07) is 9.65. The number of sulfonamides is 1. The van der Waals surface area contributed by atoms with E-state index in [2.05, 4.69) is 10.3 Å². The van der Waals surface area contributed by atoms with Gasteiger partial charge in [0.1, 0.15) is 17.3 Å². The van der Waals surface area contributed by atoms with E-state index in [1.165, 1.54) is 43.5 Å². The molecule has 0 aliphatic rings. The molecule has 2 aromatic carbocycles. The summed E-state index contributed by atoms with van der Waals surface area (Å²) in [5.41, 5.74) is 0.705. The maximum Gasteiger partial charge on any atom is 0.272 e. The van der Waals surface area contributed by atoms with Crippen LogP contribution in [0.15, 0.2) is 47.4 Å². The summed E-state index contributed by atoms with van der Waals surface area (Å²) in [4.78, 5) is 15.1. The number of hydrogen-bond donors (Lipinski definition) is 3. The van der Waals surface area contributed by atoms with Gasteiger partial charge in [-0.1, -0.05) is 6.07 Å². The number of primary sulfonamides is 1. The predicted octanol–water partition coefficient (Wildman–Crippen LogP) is 2.22. The van der Waals surface area contributed by atoms with Gasteiger partial charge < -0.3 is 15.0 Å². The van der Waals surface area contributed by atoms with Crippen LogP contribution in [0, 0.1) is 5.82 Å². The monoisotopic (exact) mass is 363 g/mol. The molecule has 0 bridgehead atoms. The minimum atomic E-state index is -3.94. The largest absolute Gasteiger partial charge is 0.495 e. The van der Waals surface area contributed by atoms with Crippen LogP contribution in [0.5, 0.6) is 5.75 Å². The Morgan fingerprint density at radius 1 is 1.24 bits per heavy atom. The second-order valence-corrected chi connectivity index (χ2v) is 6.81. The zero-order chi connectivity index (χ0) is 18.2. The van der Waals surface area contributed by atoms with E-state index in [4.69, 9.17) is 9.88 Å². The van der Waals surface area contributed by atoms with E-state index in [0.717, 1.165) is 0 Å². The van der Waals surface area contributed by atoms with Gasteiger partial charge in [-0.25, -0.2) is 17.9 Å². The summed E-state index contributed by atoms with van der Waals surface area (Å²) in [7, 11) is -2.57. The van der Waals surface area contributed by atoms with Crippen molar-refractivity contribution < 1.29 is 22.3 Å². The van der Waals surface area contributed by atoms with Crippen molar-refractivity contribution in [3.63, 3.8) is 0 Å². The van der Waals surface area contributed by atoms with Gasteiger partial charge in [-0.05, 0) is 36.4 Å². The molecule has 7 nitrogen and oxygen atoms in total. The number of H-pyrrole nitrogens is 1. The molecule has 0 aliphatic heterocycles. The minimum Gasteiger partial charge on any atom is -0.495 e. The molecule has 1 heterocycles. The molecule has 0 unspecified atom stereocenters. The van der Waals surface area contributed by atoms with E-state index in [1.54, 1.807) is 6.07 Å². The molecule has 4 N–H and O–H groups in total. The molecule has 1 aromatic heterocycles. The topological polar surface area (TPSA) is 114 Å². The van der Waals surface area contributed by atoms with Crippen LogP contribution in [-0.2, 0) is 10.0 Å². The molecular formula is C16H14FN3O4S. The summed E-state index contributed by atoms with van der Waals surface area (Å²) in [5, 5.41) is 7.91. The van der Waals surface area contributed by atoms with Gasteiger partial charge in [0, 0.05) is 10.9 Å². The smallest absolute Gasteiger partial charge is 0.272 e. The third kappa shape index (κ3) is 3.32. The molecule has 0 aliphatic carbocycles. The molecule has 9 heteroatoms. The van der Waals surface area contributed by atoms with Crippen molar-refractivity contribution in [2.75, 3.05) is 12.4 Å². The molecule has 0 saturated carbocycles. The zero-order valence-electron chi connectivity index (χ0n) is 13.0. The summed E-state index contributed by atoms with van der Waals surface area (Å²) in [6.07, 6.45) is 0. The lowest BCUT2D eigenvalue weighted by molar-refractivity contribution is 0.102. The number of benzene rings is 2. The molecule has 1 amide bonds. The number of ether oxygens (including phenoxy) is 1. The lowest BCUT2D eigenvalue weighted by Gasteiger charge is -2.11. The first-order chi connectivity index (χ1) is 11.8. The Hall–Kier alpha value is -2.91. The van der Waals surface area contributed by atoms with Gasteiger partial charge in [0.15, 0.2) is 0 Å². The Morgan fingerprint density at radius 3 is 2.64 bits per heavy atom. The second-order valence-electron chi connectivity index (χ2n) is 5.25. The van der Waals surface area contributed by atoms with Gasteiger partial charge in [0.2, 0.25) is 10.0 Å². The van der Waals surface area contributed by atoms with E-state index in [-0.39, 0.29) is 27.4 Å². The maximum absolute atomic E-state index is 13.7. The molecule has 130 valence electrons. The SMILES string of the molecule is COc1ccc(S(N)(=O)=O)cc1NC(=O)c1cc2c(F)cccc2[nH]1. The molecule has 0 saturated heterocycles. The molecule has 25 heavy (non-hydrogen) atoms. The summed E-state index contributed by atoms with van der Waals surface area (Å²) < 4.78 is 41.8. The van der Waals surface area contributed by atoms with Crippen LogP contribution in [0.1, 0.15) is 10.5 Å². The highest BCUT2D eigenvalue weighted by atomic mass is 32.2. The number of fused-ring (bicyclic) bond motifs is 1. The summed E-state index contributed by atoms with van der Waals surface area (Å²) >= 11 is 0. The quantitative estimate of drug-likeness (QED) is 0.659. The Labute approximate surface area is 142 Å². The fraction of sp³-hybridized carbons (Fsp3) is 0.0625. The first kappa shape index (κ1) is 16.9. The Morgan fingerprint density at radius 2 is 2.00 bits per heavy atom. The van der Waals surface area contributed by atoms with E-state index in [9.17, 15) is 17.6 Å². The first-order valence-corrected chi connectivity index (χ1v) is 8.63. The van der Waals surface area contributed by atoms with E-state index < -0.39 is 21.7 Å². The Balaban J connectivity index is 1.97. The van der Waals surface area contributed by atoms with Crippen molar-refractivity contribution >= 4 is 32.5 Å². The minimum absolute atomic E-state index is 0.114. The number of aromatic amines is 1. The number of nitrogens with two attached hydrogens (primary N) is 1. The number of carbonyl (C=O) groups excluding carboxylic acids is 1. The number of methoxy groups -OCH3 is 1. The number of nitrogens with one attached hydrogen (secondary N) is 2. The molecule has 3 rings (SSSR count). The van der Waals surface area contributed by atoms with Crippen LogP contribution in [-0.4, -0.2) is 26.4 Å². The van der Waals surface area contributed by atoms with E-state index in [1.807, 2.05) is 0 Å². The number of carbonyl (C=O) groups is 1. The van der Waals surface area contributed by atoms with Crippen molar-refractivity contribution in [2.24, 2.45) is 5.14 Å². The van der Waals surface area contributed by atoms with E-state index in [0.29, 0.717) is 5.52 Å². The molecule has 0 fully saturated rings. The fourth-order valence-electron chi connectivity index (χ4n) is 2.39. The third-order valence-electron chi connectivity index (χ3n) is 3.60. The van der Waals surface area contributed by atoms with Crippen molar-refractivity contribution in [3.05, 3.63) is 54.0 Å². The first-order valence-electron chi connectivity index (χ1n) is 7.09. The lowest BCUT2D eigenvalue weighted by atomic mass is 10.2. The second kappa shape index (κ2) is 6.19.